The lowest BCUT2D eigenvalue weighted by Gasteiger charge is -2.32. The van der Waals surface area contributed by atoms with Crippen LogP contribution in [0.4, 0.5) is 0 Å². The molecule has 1 N–H and O–H groups in total. The Morgan fingerprint density at radius 1 is 1.03 bits per heavy atom. The molecule has 2 aromatic carbocycles. The first kappa shape index (κ1) is 25.4. The highest BCUT2D eigenvalue weighted by atomic mass is 16.5. The molecular formula is C29H34N2O5. The fraction of sp³-hybridized carbons (Fsp3) is 0.379. The van der Waals surface area contributed by atoms with Crippen LogP contribution in [0.25, 0.3) is 0 Å². The van der Waals surface area contributed by atoms with Crippen LogP contribution >= 0.6 is 0 Å². The van der Waals surface area contributed by atoms with Crippen LogP contribution in [-0.4, -0.2) is 43.5 Å². The van der Waals surface area contributed by atoms with E-state index in [4.69, 9.17) is 13.9 Å². The quantitative estimate of drug-likeness (QED) is 0.428. The van der Waals surface area contributed by atoms with Gasteiger partial charge in [-0.25, -0.2) is 0 Å². The number of carbonyl (C=O) groups excluding carboxylic acids is 2. The minimum Gasteiger partial charge on any atom is -0.493 e. The first-order valence-electron chi connectivity index (χ1n) is 12.4. The number of hydrogen-bond acceptors (Lipinski definition) is 5. The van der Waals surface area contributed by atoms with Crippen LogP contribution in [0.2, 0.25) is 0 Å². The van der Waals surface area contributed by atoms with E-state index < -0.39 is 6.04 Å². The smallest absolute Gasteiger partial charge is 0.290 e. The predicted octanol–water partition coefficient (Wildman–Crippen LogP) is 5.09. The second-order valence-electron chi connectivity index (χ2n) is 9.16. The summed E-state index contributed by atoms with van der Waals surface area (Å²) < 4.78 is 16.4. The Morgan fingerprint density at radius 2 is 1.78 bits per heavy atom. The molecule has 4 rings (SSSR count). The van der Waals surface area contributed by atoms with Crippen LogP contribution in [0.15, 0.2) is 65.3 Å². The van der Waals surface area contributed by atoms with Crippen LogP contribution in [0.5, 0.6) is 11.5 Å². The van der Waals surface area contributed by atoms with Crippen LogP contribution in [0.1, 0.15) is 59.0 Å². The van der Waals surface area contributed by atoms with E-state index >= 15 is 0 Å². The molecule has 0 spiro atoms. The number of methoxy groups -OCH3 is 2. The maximum Gasteiger partial charge on any atom is 0.290 e. The highest BCUT2D eigenvalue weighted by Crippen LogP contribution is 2.33. The molecule has 1 atom stereocenters. The van der Waals surface area contributed by atoms with Crippen LogP contribution in [-0.2, 0) is 11.2 Å². The SMILES string of the molecule is COc1ccc(C(C(=O)NC2CCCC2)N(CCc2ccccc2C)C(=O)c2ccco2)cc1OC. The molecule has 1 heterocycles. The summed E-state index contributed by atoms with van der Waals surface area (Å²) in [4.78, 5) is 29.2. The Bertz CT molecular complexity index is 1170. The van der Waals surface area contributed by atoms with E-state index in [0.717, 1.165) is 36.8 Å². The normalized spacial score (nSPS) is 14.3. The van der Waals surface area contributed by atoms with Crippen molar-refractivity contribution >= 4 is 11.8 Å². The van der Waals surface area contributed by atoms with Crippen LogP contribution in [0.3, 0.4) is 0 Å². The van der Waals surface area contributed by atoms with Crippen molar-refractivity contribution in [3.63, 3.8) is 0 Å². The third-order valence-electron chi connectivity index (χ3n) is 6.86. The van der Waals surface area contributed by atoms with E-state index in [0.29, 0.717) is 30.0 Å². The van der Waals surface area contributed by atoms with E-state index in [1.54, 1.807) is 43.4 Å². The van der Waals surface area contributed by atoms with Crippen molar-refractivity contribution < 1.29 is 23.5 Å². The van der Waals surface area contributed by atoms with Crippen molar-refractivity contribution in [2.24, 2.45) is 0 Å². The molecule has 1 saturated carbocycles. The lowest BCUT2D eigenvalue weighted by atomic mass is 10.00. The van der Waals surface area contributed by atoms with E-state index in [-0.39, 0.29) is 23.6 Å². The first-order chi connectivity index (χ1) is 17.5. The predicted molar refractivity (Wildman–Crippen MR) is 137 cm³/mol. The van der Waals surface area contributed by atoms with Crippen molar-refractivity contribution in [3.05, 3.63) is 83.3 Å². The average Bonchev–Trinajstić information content (AvgIpc) is 3.61. The maximum absolute atomic E-state index is 13.8. The molecule has 36 heavy (non-hydrogen) atoms. The maximum atomic E-state index is 13.8. The zero-order chi connectivity index (χ0) is 25.5. The van der Waals surface area contributed by atoms with Crippen molar-refractivity contribution in [2.45, 2.75) is 51.1 Å². The Kier molecular flexibility index (Phi) is 8.31. The molecule has 7 nitrogen and oxygen atoms in total. The van der Waals surface area contributed by atoms with Gasteiger partial charge >= 0.3 is 0 Å². The number of amides is 2. The molecule has 3 aromatic rings. The van der Waals surface area contributed by atoms with Gasteiger partial charge in [-0.3, -0.25) is 9.59 Å². The fourth-order valence-electron chi connectivity index (χ4n) is 4.87. The van der Waals surface area contributed by atoms with Gasteiger partial charge in [0.2, 0.25) is 5.91 Å². The van der Waals surface area contributed by atoms with E-state index in [1.807, 2.05) is 31.2 Å². The molecule has 1 aliphatic carbocycles. The Hall–Kier alpha value is -3.74. The third kappa shape index (κ3) is 5.73. The van der Waals surface area contributed by atoms with Gasteiger partial charge in [0.05, 0.1) is 20.5 Å². The average molecular weight is 491 g/mol. The Balaban J connectivity index is 1.74. The summed E-state index contributed by atoms with van der Waals surface area (Å²) >= 11 is 0. The molecule has 0 bridgehead atoms. The van der Waals surface area contributed by atoms with Crippen molar-refractivity contribution in [2.75, 3.05) is 20.8 Å². The van der Waals surface area contributed by atoms with Crippen molar-refractivity contribution in [1.82, 2.24) is 10.2 Å². The number of carbonyl (C=O) groups is 2. The van der Waals surface area contributed by atoms with Gasteiger partial charge in [-0.15, -0.1) is 0 Å². The molecule has 1 aromatic heterocycles. The lowest BCUT2D eigenvalue weighted by molar-refractivity contribution is -0.126. The van der Waals surface area contributed by atoms with Gasteiger partial charge in [0.15, 0.2) is 17.3 Å². The third-order valence-corrected chi connectivity index (χ3v) is 6.86. The van der Waals surface area contributed by atoms with Crippen molar-refractivity contribution in [3.8, 4) is 11.5 Å². The number of aryl methyl sites for hydroxylation is 1. The minimum absolute atomic E-state index is 0.108. The van der Waals surface area contributed by atoms with Gasteiger partial charge in [-0.1, -0.05) is 43.2 Å². The summed E-state index contributed by atoms with van der Waals surface area (Å²) in [5, 5.41) is 3.20. The monoisotopic (exact) mass is 490 g/mol. The van der Waals surface area contributed by atoms with Crippen LogP contribution in [0, 0.1) is 6.92 Å². The van der Waals surface area contributed by atoms with Gasteiger partial charge < -0.3 is 24.1 Å². The number of nitrogens with one attached hydrogen (secondary N) is 1. The van der Waals surface area contributed by atoms with Gasteiger partial charge in [0.25, 0.3) is 5.91 Å². The second-order valence-corrected chi connectivity index (χ2v) is 9.16. The lowest BCUT2D eigenvalue weighted by Crippen LogP contribution is -2.46. The Labute approximate surface area is 212 Å². The number of furan rings is 1. The molecule has 190 valence electrons. The molecule has 7 heteroatoms. The topological polar surface area (TPSA) is 81.0 Å². The summed E-state index contributed by atoms with van der Waals surface area (Å²) in [6.07, 6.45) is 6.14. The summed E-state index contributed by atoms with van der Waals surface area (Å²) in [6, 6.07) is 16.0. The molecule has 1 fully saturated rings. The number of ether oxygens (including phenoxy) is 2. The number of rotatable bonds is 10. The largest absolute Gasteiger partial charge is 0.493 e. The zero-order valence-electron chi connectivity index (χ0n) is 21.2. The molecule has 0 saturated heterocycles. The van der Waals surface area contributed by atoms with Gasteiger partial charge in [0.1, 0.15) is 6.04 Å². The van der Waals surface area contributed by atoms with Crippen molar-refractivity contribution in [1.29, 1.82) is 0 Å². The molecule has 0 radical (unpaired) electrons. The van der Waals surface area contributed by atoms with Crippen LogP contribution < -0.4 is 14.8 Å². The number of hydrogen-bond donors (Lipinski definition) is 1. The summed E-state index contributed by atoms with van der Waals surface area (Å²) in [6.45, 7) is 2.38. The molecule has 2 amide bonds. The number of benzene rings is 2. The summed E-state index contributed by atoms with van der Waals surface area (Å²) in [5.41, 5.74) is 2.91. The molecular weight excluding hydrogens is 456 g/mol. The van der Waals surface area contributed by atoms with E-state index in [9.17, 15) is 9.59 Å². The van der Waals surface area contributed by atoms with Gasteiger partial charge in [-0.05, 0) is 67.1 Å². The van der Waals surface area contributed by atoms with E-state index in [1.165, 1.54) is 6.26 Å². The van der Waals surface area contributed by atoms with Gasteiger partial charge in [-0.2, -0.15) is 0 Å². The standard InChI is InChI=1S/C29H34N2O5/c1-20-9-4-5-10-21(20)16-17-31(29(33)25-13-8-18-36-25)27(28(32)30-23-11-6-7-12-23)22-14-15-24(34-2)26(19-22)35-3/h4-5,8-10,13-15,18-19,23,27H,6-7,11-12,16-17H2,1-3H3,(H,30,32). The number of nitrogens with zero attached hydrogens (tertiary/aromatic N) is 1. The summed E-state index contributed by atoms with van der Waals surface area (Å²) in [5.74, 6) is 0.700. The fourth-order valence-corrected chi connectivity index (χ4v) is 4.87. The molecule has 1 unspecified atom stereocenters. The first-order valence-corrected chi connectivity index (χ1v) is 12.4. The second kappa shape index (κ2) is 11.8. The summed E-state index contributed by atoms with van der Waals surface area (Å²) in [7, 11) is 3.12. The minimum atomic E-state index is -0.868. The van der Waals surface area contributed by atoms with E-state index in [2.05, 4.69) is 11.4 Å². The Morgan fingerprint density at radius 3 is 2.44 bits per heavy atom. The molecule has 0 aliphatic heterocycles. The zero-order valence-corrected chi connectivity index (χ0v) is 21.2. The molecule has 1 aliphatic rings. The highest BCUT2D eigenvalue weighted by Gasteiger charge is 2.35. The highest BCUT2D eigenvalue weighted by molar-refractivity contribution is 5.96. The van der Waals surface area contributed by atoms with Gasteiger partial charge in [0, 0.05) is 12.6 Å².